The first-order valence-electron chi connectivity index (χ1n) is 7.04. The van der Waals surface area contributed by atoms with Gasteiger partial charge in [0.15, 0.2) is 0 Å². The molecule has 1 heterocycles. The number of piperazine rings is 1. The van der Waals surface area contributed by atoms with Crippen molar-refractivity contribution in [2.24, 2.45) is 5.73 Å². The van der Waals surface area contributed by atoms with E-state index in [0.717, 1.165) is 5.56 Å². The second-order valence-electron chi connectivity index (χ2n) is 5.30. The molecular weight excluding hydrogens is 290 g/mol. The summed E-state index contributed by atoms with van der Waals surface area (Å²) in [6.45, 7) is 3.90. The van der Waals surface area contributed by atoms with Crippen molar-refractivity contribution in [3.8, 4) is 0 Å². The Morgan fingerprint density at radius 1 is 1.14 bits per heavy atom. The number of halogens is 1. The lowest BCUT2D eigenvalue weighted by atomic mass is 10.1. The van der Waals surface area contributed by atoms with Crippen molar-refractivity contribution in [2.45, 2.75) is 19.4 Å². The van der Waals surface area contributed by atoms with E-state index in [-0.39, 0.29) is 11.8 Å². The van der Waals surface area contributed by atoms with Gasteiger partial charge in [0.2, 0.25) is 11.8 Å². The highest BCUT2D eigenvalue weighted by molar-refractivity contribution is 6.30. The Kier molecular flexibility index (Phi) is 5.20. The fourth-order valence-electron chi connectivity index (χ4n) is 2.35. The molecule has 21 heavy (non-hydrogen) atoms. The molecule has 6 heteroatoms. The molecule has 2 rings (SSSR count). The van der Waals surface area contributed by atoms with Gasteiger partial charge in [0.1, 0.15) is 0 Å². The fraction of sp³-hybridized carbons (Fsp3) is 0.467. The molecule has 0 radical (unpaired) electrons. The highest BCUT2D eigenvalue weighted by Crippen LogP contribution is 2.12. The van der Waals surface area contributed by atoms with Crippen LogP contribution in [0.5, 0.6) is 0 Å². The Morgan fingerprint density at radius 3 is 2.19 bits per heavy atom. The van der Waals surface area contributed by atoms with E-state index in [4.69, 9.17) is 17.3 Å². The van der Waals surface area contributed by atoms with Crippen molar-refractivity contribution in [3.63, 3.8) is 0 Å². The van der Waals surface area contributed by atoms with Crippen molar-refractivity contribution in [1.29, 1.82) is 0 Å². The minimum Gasteiger partial charge on any atom is -0.339 e. The maximum Gasteiger partial charge on any atom is 0.239 e. The van der Waals surface area contributed by atoms with Crippen LogP contribution in [0.3, 0.4) is 0 Å². The Balaban J connectivity index is 1.86. The summed E-state index contributed by atoms with van der Waals surface area (Å²) in [7, 11) is 0. The van der Waals surface area contributed by atoms with E-state index in [9.17, 15) is 9.59 Å². The lowest BCUT2D eigenvalue weighted by Crippen LogP contribution is -2.54. The van der Waals surface area contributed by atoms with Crippen molar-refractivity contribution >= 4 is 23.4 Å². The molecule has 5 nitrogen and oxygen atoms in total. The number of amides is 2. The van der Waals surface area contributed by atoms with Crippen LogP contribution in [0.25, 0.3) is 0 Å². The minimum absolute atomic E-state index is 0.0557. The number of hydrogen-bond acceptors (Lipinski definition) is 3. The molecule has 1 fully saturated rings. The first-order chi connectivity index (χ1) is 9.97. The largest absolute Gasteiger partial charge is 0.339 e. The van der Waals surface area contributed by atoms with Crippen molar-refractivity contribution < 1.29 is 9.59 Å². The average Bonchev–Trinajstić information content (AvgIpc) is 2.49. The highest BCUT2D eigenvalue weighted by Gasteiger charge is 2.25. The molecule has 0 spiro atoms. The van der Waals surface area contributed by atoms with E-state index in [1.54, 1.807) is 28.9 Å². The third-order valence-electron chi connectivity index (χ3n) is 3.60. The summed E-state index contributed by atoms with van der Waals surface area (Å²) in [4.78, 5) is 27.5. The number of rotatable bonds is 3. The van der Waals surface area contributed by atoms with Crippen molar-refractivity contribution in [1.82, 2.24) is 9.80 Å². The average molecular weight is 310 g/mol. The van der Waals surface area contributed by atoms with Crippen LogP contribution in [0.1, 0.15) is 12.5 Å². The quantitative estimate of drug-likeness (QED) is 0.902. The van der Waals surface area contributed by atoms with Crippen LogP contribution in [-0.2, 0) is 16.0 Å². The molecule has 0 bridgehead atoms. The van der Waals surface area contributed by atoms with Crippen molar-refractivity contribution in [3.05, 3.63) is 34.9 Å². The Labute approximate surface area is 129 Å². The van der Waals surface area contributed by atoms with Gasteiger partial charge in [-0.2, -0.15) is 0 Å². The summed E-state index contributed by atoms with van der Waals surface area (Å²) in [6.07, 6.45) is 0.360. The van der Waals surface area contributed by atoms with Gasteiger partial charge >= 0.3 is 0 Å². The summed E-state index contributed by atoms with van der Waals surface area (Å²) in [5.74, 6) is 0.0185. The van der Waals surface area contributed by atoms with Gasteiger partial charge in [-0.15, -0.1) is 0 Å². The van der Waals surface area contributed by atoms with Gasteiger partial charge in [0.25, 0.3) is 0 Å². The second kappa shape index (κ2) is 6.91. The molecule has 2 amide bonds. The number of nitrogens with two attached hydrogens (primary N) is 1. The normalized spacial score (nSPS) is 16.7. The molecule has 2 N–H and O–H groups in total. The van der Waals surface area contributed by atoms with Gasteiger partial charge in [0, 0.05) is 31.2 Å². The maximum atomic E-state index is 12.2. The first-order valence-corrected chi connectivity index (χ1v) is 7.42. The third kappa shape index (κ3) is 4.19. The molecule has 0 saturated carbocycles. The lowest BCUT2D eigenvalue weighted by molar-refractivity contribution is -0.139. The van der Waals surface area contributed by atoms with Crippen LogP contribution in [0.4, 0.5) is 0 Å². The van der Waals surface area contributed by atoms with E-state index in [1.165, 1.54) is 0 Å². The Bertz CT molecular complexity index is 508. The molecule has 0 aromatic heterocycles. The Hall–Kier alpha value is -1.59. The highest BCUT2D eigenvalue weighted by atomic mass is 35.5. The summed E-state index contributed by atoms with van der Waals surface area (Å²) in [5, 5.41) is 0.661. The zero-order chi connectivity index (χ0) is 15.4. The molecule has 1 aromatic carbocycles. The second-order valence-corrected chi connectivity index (χ2v) is 5.73. The van der Waals surface area contributed by atoms with E-state index in [2.05, 4.69) is 0 Å². The van der Waals surface area contributed by atoms with E-state index in [0.29, 0.717) is 37.6 Å². The topological polar surface area (TPSA) is 66.6 Å². The summed E-state index contributed by atoms with van der Waals surface area (Å²) < 4.78 is 0. The fourth-order valence-corrected chi connectivity index (χ4v) is 2.48. The maximum absolute atomic E-state index is 12.2. The van der Waals surface area contributed by atoms with Gasteiger partial charge in [0.05, 0.1) is 12.5 Å². The molecule has 114 valence electrons. The van der Waals surface area contributed by atoms with E-state index >= 15 is 0 Å². The number of nitrogens with zero attached hydrogens (tertiary/aromatic N) is 2. The van der Waals surface area contributed by atoms with Crippen LogP contribution in [0.15, 0.2) is 24.3 Å². The van der Waals surface area contributed by atoms with Gasteiger partial charge in [-0.3, -0.25) is 9.59 Å². The summed E-state index contributed by atoms with van der Waals surface area (Å²) in [6, 6.07) is 6.79. The van der Waals surface area contributed by atoms with Crippen LogP contribution in [0.2, 0.25) is 5.02 Å². The van der Waals surface area contributed by atoms with Gasteiger partial charge in [-0.1, -0.05) is 23.7 Å². The van der Waals surface area contributed by atoms with Crippen molar-refractivity contribution in [2.75, 3.05) is 26.2 Å². The molecule has 0 unspecified atom stereocenters. The first kappa shape index (κ1) is 15.8. The zero-order valence-electron chi connectivity index (χ0n) is 12.1. The summed E-state index contributed by atoms with van der Waals surface area (Å²) >= 11 is 5.83. The number of carbonyl (C=O) groups is 2. The zero-order valence-corrected chi connectivity index (χ0v) is 12.8. The van der Waals surface area contributed by atoms with Gasteiger partial charge in [-0.25, -0.2) is 0 Å². The van der Waals surface area contributed by atoms with E-state index < -0.39 is 6.04 Å². The van der Waals surface area contributed by atoms with Crippen LogP contribution in [0, 0.1) is 0 Å². The van der Waals surface area contributed by atoms with Gasteiger partial charge in [-0.05, 0) is 24.6 Å². The molecule has 1 aromatic rings. The lowest BCUT2D eigenvalue weighted by Gasteiger charge is -2.35. The van der Waals surface area contributed by atoms with Crippen LogP contribution < -0.4 is 5.73 Å². The molecule has 1 aliphatic rings. The van der Waals surface area contributed by atoms with Gasteiger partial charge < -0.3 is 15.5 Å². The molecule has 1 atom stereocenters. The molecule has 0 aliphatic carbocycles. The SMILES string of the molecule is C[C@@H](N)C(=O)N1CCN(C(=O)Cc2ccc(Cl)cc2)CC1. The predicted octanol–water partition coefficient (Wildman–Crippen LogP) is 0.901. The minimum atomic E-state index is -0.485. The molecule has 1 aliphatic heterocycles. The third-order valence-corrected chi connectivity index (χ3v) is 3.85. The molecule has 1 saturated heterocycles. The van der Waals surface area contributed by atoms with E-state index in [1.807, 2.05) is 12.1 Å². The predicted molar refractivity (Wildman–Crippen MR) is 82.0 cm³/mol. The smallest absolute Gasteiger partial charge is 0.239 e. The monoisotopic (exact) mass is 309 g/mol. The number of benzene rings is 1. The molecular formula is C15H20ClN3O2. The standard InChI is InChI=1S/C15H20ClN3O2/c1-11(17)15(21)19-8-6-18(7-9-19)14(20)10-12-2-4-13(16)5-3-12/h2-5,11H,6-10,17H2,1H3/t11-/m1/s1. The van der Waals surface area contributed by atoms with Crippen LogP contribution in [-0.4, -0.2) is 53.8 Å². The number of carbonyl (C=O) groups excluding carboxylic acids is 2. The summed E-state index contributed by atoms with van der Waals surface area (Å²) in [5.41, 5.74) is 6.54. The van der Waals surface area contributed by atoms with Crippen LogP contribution >= 0.6 is 11.6 Å². The Morgan fingerprint density at radius 2 is 1.67 bits per heavy atom. The number of hydrogen-bond donors (Lipinski definition) is 1.